The van der Waals surface area contributed by atoms with Crippen LogP contribution in [0.5, 0.6) is 11.5 Å². The van der Waals surface area contributed by atoms with Crippen LogP contribution >= 0.6 is 0 Å². The van der Waals surface area contributed by atoms with Gasteiger partial charge in [0.15, 0.2) is 11.5 Å². The van der Waals surface area contributed by atoms with Crippen molar-refractivity contribution in [2.24, 2.45) is 5.73 Å². The summed E-state index contributed by atoms with van der Waals surface area (Å²) in [6, 6.07) is 11.9. The third-order valence-electron chi connectivity index (χ3n) is 5.12. The number of benzene rings is 2. The molecule has 2 aliphatic heterocycles. The molecule has 156 valence electrons. The Morgan fingerprint density at radius 3 is 2.33 bits per heavy atom. The van der Waals surface area contributed by atoms with Gasteiger partial charge in [0.25, 0.3) is 0 Å². The highest BCUT2D eigenvalue weighted by molar-refractivity contribution is 6.39. The first-order chi connectivity index (χ1) is 14.5. The largest absolute Gasteiger partial charge is 0.454 e. The second-order valence-electron chi connectivity index (χ2n) is 7.15. The van der Waals surface area contributed by atoms with Gasteiger partial charge >= 0.3 is 11.8 Å². The van der Waals surface area contributed by atoms with Gasteiger partial charge in [-0.25, -0.2) is 0 Å². The SMILES string of the molecule is NC(=O)c1ccc(NC(=O)C(=O)N2CCN(Cc3ccc4c(c3)OCO4)CC2)cc1. The molecule has 0 unspecified atom stereocenters. The second kappa shape index (κ2) is 8.42. The quantitative estimate of drug-likeness (QED) is 0.721. The fourth-order valence-corrected chi connectivity index (χ4v) is 3.45. The van der Waals surface area contributed by atoms with Crippen LogP contribution < -0.4 is 20.5 Å². The third kappa shape index (κ3) is 4.36. The number of carbonyl (C=O) groups is 3. The number of amides is 3. The number of carbonyl (C=O) groups excluding carboxylic acids is 3. The van der Waals surface area contributed by atoms with E-state index in [1.807, 2.05) is 18.2 Å². The molecule has 0 spiro atoms. The number of nitrogens with zero attached hydrogens (tertiary/aromatic N) is 2. The monoisotopic (exact) mass is 410 g/mol. The van der Waals surface area contributed by atoms with Gasteiger partial charge in [0, 0.05) is 44.0 Å². The molecular formula is C21H22N4O5. The lowest BCUT2D eigenvalue weighted by Gasteiger charge is -2.34. The van der Waals surface area contributed by atoms with Crippen molar-refractivity contribution in [3.8, 4) is 11.5 Å². The molecule has 30 heavy (non-hydrogen) atoms. The molecule has 2 heterocycles. The number of primary amides is 1. The molecule has 0 atom stereocenters. The molecular weight excluding hydrogens is 388 g/mol. The normalized spacial score (nSPS) is 15.7. The van der Waals surface area contributed by atoms with Crippen LogP contribution in [0.25, 0.3) is 0 Å². The Bertz CT molecular complexity index is 968. The van der Waals surface area contributed by atoms with Gasteiger partial charge in [-0.3, -0.25) is 19.3 Å². The molecule has 9 nitrogen and oxygen atoms in total. The summed E-state index contributed by atoms with van der Waals surface area (Å²) in [5, 5.41) is 2.56. The van der Waals surface area contributed by atoms with E-state index in [9.17, 15) is 14.4 Å². The Hall–Kier alpha value is -3.59. The van der Waals surface area contributed by atoms with E-state index in [1.165, 1.54) is 24.3 Å². The van der Waals surface area contributed by atoms with Crippen LogP contribution in [0, 0.1) is 0 Å². The molecule has 0 saturated carbocycles. The van der Waals surface area contributed by atoms with Gasteiger partial charge in [0.05, 0.1) is 0 Å². The van der Waals surface area contributed by atoms with E-state index in [4.69, 9.17) is 15.2 Å². The first-order valence-electron chi connectivity index (χ1n) is 9.60. The summed E-state index contributed by atoms with van der Waals surface area (Å²) >= 11 is 0. The van der Waals surface area contributed by atoms with Crippen molar-refractivity contribution in [2.45, 2.75) is 6.54 Å². The molecule has 2 aromatic rings. The number of fused-ring (bicyclic) bond motifs is 1. The predicted octanol–water partition coefficient (Wildman–Crippen LogP) is 0.797. The first-order valence-corrected chi connectivity index (χ1v) is 9.60. The second-order valence-corrected chi connectivity index (χ2v) is 7.15. The number of anilines is 1. The minimum atomic E-state index is -0.703. The van der Waals surface area contributed by atoms with E-state index in [2.05, 4.69) is 10.2 Å². The summed E-state index contributed by atoms with van der Waals surface area (Å²) < 4.78 is 10.7. The Labute approximate surface area is 173 Å². The zero-order valence-corrected chi connectivity index (χ0v) is 16.3. The summed E-state index contributed by atoms with van der Waals surface area (Å²) in [6.07, 6.45) is 0. The minimum Gasteiger partial charge on any atom is -0.454 e. The molecule has 3 amide bonds. The molecule has 0 aromatic heterocycles. The summed E-state index contributed by atoms with van der Waals surface area (Å²) in [6.45, 7) is 3.25. The summed E-state index contributed by atoms with van der Waals surface area (Å²) in [5.74, 6) is -0.323. The molecule has 4 rings (SSSR count). The summed E-state index contributed by atoms with van der Waals surface area (Å²) in [7, 11) is 0. The lowest BCUT2D eigenvalue weighted by Crippen LogP contribution is -2.51. The number of nitrogens with two attached hydrogens (primary N) is 1. The first kappa shape index (κ1) is 19.7. The van der Waals surface area contributed by atoms with Gasteiger partial charge in [-0.1, -0.05) is 6.07 Å². The van der Waals surface area contributed by atoms with Gasteiger partial charge in [0.1, 0.15) is 0 Å². The number of nitrogens with one attached hydrogen (secondary N) is 1. The van der Waals surface area contributed by atoms with Crippen LogP contribution in [0.1, 0.15) is 15.9 Å². The van der Waals surface area contributed by atoms with Crippen molar-refractivity contribution in [3.63, 3.8) is 0 Å². The fraction of sp³-hybridized carbons (Fsp3) is 0.286. The average molecular weight is 410 g/mol. The van der Waals surface area contributed by atoms with Gasteiger partial charge < -0.3 is 25.4 Å². The van der Waals surface area contributed by atoms with Gasteiger partial charge in [-0.15, -0.1) is 0 Å². The highest BCUT2D eigenvalue weighted by Crippen LogP contribution is 2.32. The predicted molar refractivity (Wildman–Crippen MR) is 108 cm³/mol. The van der Waals surface area contributed by atoms with Crippen LogP contribution in [0.4, 0.5) is 5.69 Å². The molecule has 9 heteroatoms. The molecule has 1 fully saturated rings. The highest BCUT2D eigenvalue weighted by atomic mass is 16.7. The van der Waals surface area contributed by atoms with Crippen molar-refractivity contribution < 1.29 is 23.9 Å². The summed E-state index contributed by atoms with van der Waals surface area (Å²) in [5.41, 5.74) is 7.06. The number of ether oxygens (including phenoxy) is 2. The zero-order chi connectivity index (χ0) is 21.1. The molecule has 0 aliphatic carbocycles. The van der Waals surface area contributed by atoms with E-state index < -0.39 is 17.7 Å². The lowest BCUT2D eigenvalue weighted by molar-refractivity contribution is -0.144. The van der Waals surface area contributed by atoms with Crippen molar-refractivity contribution in [1.29, 1.82) is 0 Å². The highest BCUT2D eigenvalue weighted by Gasteiger charge is 2.26. The van der Waals surface area contributed by atoms with Crippen LogP contribution in [-0.4, -0.2) is 60.5 Å². The third-order valence-corrected chi connectivity index (χ3v) is 5.12. The van der Waals surface area contributed by atoms with E-state index in [0.29, 0.717) is 37.4 Å². The van der Waals surface area contributed by atoms with Crippen molar-refractivity contribution >= 4 is 23.4 Å². The maximum Gasteiger partial charge on any atom is 0.313 e. The van der Waals surface area contributed by atoms with Crippen LogP contribution in [0.2, 0.25) is 0 Å². The number of piperazine rings is 1. The fourth-order valence-electron chi connectivity index (χ4n) is 3.45. The topological polar surface area (TPSA) is 114 Å². The molecule has 1 saturated heterocycles. The Morgan fingerprint density at radius 2 is 1.63 bits per heavy atom. The molecule has 0 bridgehead atoms. The lowest BCUT2D eigenvalue weighted by atomic mass is 10.1. The Morgan fingerprint density at radius 1 is 0.933 bits per heavy atom. The van der Waals surface area contributed by atoms with Crippen molar-refractivity contribution in [3.05, 3.63) is 53.6 Å². The van der Waals surface area contributed by atoms with Crippen LogP contribution in [0.15, 0.2) is 42.5 Å². The molecule has 2 aromatic carbocycles. The maximum atomic E-state index is 12.5. The maximum absolute atomic E-state index is 12.5. The minimum absolute atomic E-state index is 0.247. The zero-order valence-electron chi connectivity index (χ0n) is 16.3. The van der Waals surface area contributed by atoms with Gasteiger partial charge in [-0.05, 0) is 42.0 Å². The van der Waals surface area contributed by atoms with E-state index in [0.717, 1.165) is 23.6 Å². The van der Waals surface area contributed by atoms with E-state index in [-0.39, 0.29) is 6.79 Å². The smallest absolute Gasteiger partial charge is 0.313 e. The van der Waals surface area contributed by atoms with E-state index >= 15 is 0 Å². The molecule has 2 aliphatic rings. The van der Waals surface area contributed by atoms with E-state index in [1.54, 1.807) is 4.90 Å². The van der Waals surface area contributed by atoms with Crippen molar-refractivity contribution in [2.75, 3.05) is 38.3 Å². The standard InChI is InChI=1S/C21H22N4O5/c22-19(26)15-2-4-16(5-3-15)23-20(27)21(28)25-9-7-24(8-10-25)12-14-1-6-17-18(11-14)30-13-29-17/h1-6,11H,7-10,12-13H2,(H2,22,26)(H,23,27). The Kier molecular flexibility index (Phi) is 5.53. The average Bonchev–Trinajstić information content (AvgIpc) is 3.22. The van der Waals surface area contributed by atoms with Gasteiger partial charge in [-0.2, -0.15) is 0 Å². The van der Waals surface area contributed by atoms with Crippen molar-refractivity contribution in [1.82, 2.24) is 9.80 Å². The molecule has 3 N–H and O–H groups in total. The number of rotatable bonds is 4. The Balaban J connectivity index is 1.27. The molecule has 0 radical (unpaired) electrons. The number of hydrogen-bond acceptors (Lipinski definition) is 6. The number of hydrogen-bond donors (Lipinski definition) is 2. The summed E-state index contributed by atoms with van der Waals surface area (Å²) in [4.78, 5) is 39.6. The van der Waals surface area contributed by atoms with Crippen LogP contribution in [0.3, 0.4) is 0 Å². The van der Waals surface area contributed by atoms with Gasteiger partial charge in [0.2, 0.25) is 12.7 Å². The van der Waals surface area contributed by atoms with Crippen LogP contribution in [-0.2, 0) is 16.1 Å².